The molecule has 0 aliphatic carbocycles. The minimum atomic E-state index is -1.26. The molecule has 0 saturated heterocycles. The van der Waals surface area contributed by atoms with Crippen LogP contribution in [-0.2, 0) is 0 Å². The maximum absolute atomic E-state index is 11.5. The van der Waals surface area contributed by atoms with Crippen LogP contribution in [-0.4, -0.2) is 26.6 Å². The second-order valence-corrected chi connectivity index (χ2v) is 3.70. The summed E-state index contributed by atoms with van der Waals surface area (Å²) in [5, 5.41) is 37.3. The van der Waals surface area contributed by atoms with Gasteiger partial charge in [0.05, 0.1) is 0 Å². The summed E-state index contributed by atoms with van der Waals surface area (Å²) in [6.45, 7) is 0. The molecule has 0 radical (unpaired) electrons. The lowest BCUT2D eigenvalue weighted by atomic mass is 10.3. The van der Waals surface area contributed by atoms with Crippen molar-refractivity contribution in [3.05, 3.63) is 36.4 Å². The molecule has 104 valence electrons. The number of phenolic OH excluding ortho intramolecular Hbond substituents is 4. The van der Waals surface area contributed by atoms with Crippen molar-refractivity contribution in [1.29, 1.82) is 0 Å². The van der Waals surface area contributed by atoms with Crippen LogP contribution < -0.4 is 9.47 Å². The normalized spacial score (nSPS) is 10.0. The van der Waals surface area contributed by atoms with Crippen molar-refractivity contribution >= 4 is 6.16 Å². The number of para-hydroxylation sites is 2. The summed E-state index contributed by atoms with van der Waals surface area (Å²) in [6.07, 6.45) is -1.26. The first-order valence-electron chi connectivity index (χ1n) is 5.40. The van der Waals surface area contributed by atoms with Crippen molar-refractivity contribution in [2.24, 2.45) is 0 Å². The van der Waals surface area contributed by atoms with E-state index in [9.17, 15) is 25.2 Å². The topological polar surface area (TPSA) is 116 Å². The molecule has 0 aromatic heterocycles. The highest BCUT2D eigenvalue weighted by Crippen LogP contribution is 2.36. The van der Waals surface area contributed by atoms with E-state index in [1.807, 2.05) is 0 Å². The summed E-state index contributed by atoms with van der Waals surface area (Å²) in [4.78, 5) is 11.5. The van der Waals surface area contributed by atoms with Gasteiger partial charge < -0.3 is 29.9 Å². The molecule has 0 unspecified atom stereocenters. The van der Waals surface area contributed by atoms with Gasteiger partial charge in [-0.1, -0.05) is 12.1 Å². The van der Waals surface area contributed by atoms with Gasteiger partial charge >= 0.3 is 6.16 Å². The number of hydrogen-bond donors (Lipinski definition) is 4. The Morgan fingerprint density at radius 1 is 0.750 bits per heavy atom. The van der Waals surface area contributed by atoms with Gasteiger partial charge in [0.15, 0.2) is 23.0 Å². The zero-order valence-corrected chi connectivity index (χ0v) is 9.98. The van der Waals surface area contributed by atoms with Crippen molar-refractivity contribution in [1.82, 2.24) is 0 Å². The Kier molecular flexibility index (Phi) is 3.52. The van der Waals surface area contributed by atoms with Crippen LogP contribution >= 0.6 is 0 Å². The molecule has 0 atom stereocenters. The highest BCUT2D eigenvalue weighted by Gasteiger charge is 2.16. The lowest BCUT2D eigenvalue weighted by molar-refractivity contribution is 0.148. The van der Waals surface area contributed by atoms with E-state index in [0.717, 1.165) is 0 Å². The predicted molar refractivity (Wildman–Crippen MR) is 66.2 cm³/mol. The largest absolute Gasteiger partial charge is 0.519 e. The van der Waals surface area contributed by atoms with Crippen molar-refractivity contribution in [3.63, 3.8) is 0 Å². The molecule has 0 aliphatic rings. The summed E-state index contributed by atoms with van der Waals surface area (Å²) in [5.41, 5.74) is 0. The molecular formula is C13H10O7. The van der Waals surface area contributed by atoms with E-state index in [4.69, 9.17) is 0 Å². The fraction of sp³-hybridized carbons (Fsp3) is 0. The van der Waals surface area contributed by atoms with Gasteiger partial charge in [0.2, 0.25) is 11.5 Å². The van der Waals surface area contributed by atoms with Gasteiger partial charge in [0.1, 0.15) is 0 Å². The molecule has 0 saturated carbocycles. The van der Waals surface area contributed by atoms with Crippen molar-refractivity contribution in [2.75, 3.05) is 0 Å². The van der Waals surface area contributed by atoms with E-state index in [0.29, 0.717) is 0 Å². The second kappa shape index (κ2) is 5.27. The van der Waals surface area contributed by atoms with Crippen LogP contribution in [0.15, 0.2) is 36.4 Å². The monoisotopic (exact) mass is 278 g/mol. The van der Waals surface area contributed by atoms with Gasteiger partial charge in [-0.15, -0.1) is 0 Å². The van der Waals surface area contributed by atoms with Crippen LogP contribution in [0.5, 0.6) is 34.5 Å². The van der Waals surface area contributed by atoms with E-state index in [-0.39, 0.29) is 11.5 Å². The summed E-state index contributed by atoms with van der Waals surface area (Å²) >= 11 is 0. The molecule has 0 fully saturated rings. The SMILES string of the molecule is O=C(Oc1cccc(O)c1O)Oc1cccc(O)c1O. The number of carbonyl (C=O) groups is 1. The molecule has 2 aromatic rings. The molecular weight excluding hydrogens is 268 g/mol. The van der Waals surface area contributed by atoms with Crippen molar-refractivity contribution < 1.29 is 34.7 Å². The standard InChI is InChI=1S/C13H10O7/c14-7-3-1-5-9(11(7)16)19-13(18)20-10-6-2-4-8(15)12(10)17/h1-6,14-17H. The molecule has 4 N–H and O–H groups in total. The van der Waals surface area contributed by atoms with Gasteiger partial charge in [-0.05, 0) is 24.3 Å². The summed E-state index contributed by atoms with van der Waals surface area (Å²) in [5.74, 6) is -2.79. The molecule has 0 heterocycles. The quantitative estimate of drug-likeness (QED) is 0.377. The lowest BCUT2D eigenvalue weighted by Crippen LogP contribution is -2.13. The predicted octanol–water partition coefficient (Wildman–Crippen LogP) is 2.09. The highest BCUT2D eigenvalue weighted by molar-refractivity contribution is 5.70. The molecule has 7 heteroatoms. The van der Waals surface area contributed by atoms with Crippen LogP contribution in [0.25, 0.3) is 0 Å². The third-order valence-electron chi connectivity index (χ3n) is 2.34. The average Bonchev–Trinajstić information content (AvgIpc) is 2.40. The van der Waals surface area contributed by atoms with Crippen molar-refractivity contribution in [3.8, 4) is 34.5 Å². The first-order chi connectivity index (χ1) is 9.49. The maximum Gasteiger partial charge on any atom is 0.519 e. The number of ether oxygens (including phenoxy) is 2. The minimum absolute atomic E-state index is 0.311. The molecule has 7 nitrogen and oxygen atoms in total. The maximum atomic E-state index is 11.5. The van der Waals surface area contributed by atoms with Crippen LogP contribution in [0.2, 0.25) is 0 Å². The Morgan fingerprint density at radius 2 is 1.15 bits per heavy atom. The fourth-order valence-electron chi connectivity index (χ4n) is 1.39. The lowest BCUT2D eigenvalue weighted by Gasteiger charge is -2.09. The fourth-order valence-corrected chi connectivity index (χ4v) is 1.39. The van der Waals surface area contributed by atoms with Crippen molar-refractivity contribution in [2.45, 2.75) is 0 Å². The molecule has 2 aromatic carbocycles. The zero-order chi connectivity index (χ0) is 14.7. The van der Waals surface area contributed by atoms with E-state index < -0.39 is 29.2 Å². The number of phenols is 4. The highest BCUT2D eigenvalue weighted by atomic mass is 16.7. The van der Waals surface area contributed by atoms with E-state index in [2.05, 4.69) is 9.47 Å². The molecule has 0 aliphatic heterocycles. The van der Waals surface area contributed by atoms with Gasteiger partial charge in [0.25, 0.3) is 0 Å². The number of hydrogen-bond acceptors (Lipinski definition) is 7. The first kappa shape index (κ1) is 13.3. The molecule has 20 heavy (non-hydrogen) atoms. The van der Waals surface area contributed by atoms with E-state index in [1.54, 1.807) is 0 Å². The smallest absolute Gasteiger partial charge is 0.504 e. The van der Waals surface area contributed by atoms with Crippen LogP contribution in [0.4, 0.5) is 4.79 Å². The van der Waals surface area contributed by atoms with E-state index in [1.165, 1.54) is 36.4 Å². The molecule has 0 amide bonds. The van der Waals surface area contributed by atoms with Gasteiger partial charge in [-0.3, -0.25) is 0 Å². The van der Waals surface area contributed by atoms with Gasteiger partial charge in [-0.2, -0.15) is 0 Å². The summed E-state index contributed by atoms with van der Waals surface area (Å²) in [6, 6.07) is 7.58. The Balaban J connectivity index is 2.13. The molecule has 0 bridgehead atoms. The van der Waals surface area contributed by atoms with Crippen LogP contribution in [0, 0.1) is 0 Å². The summed E-state index contributed by atoms with van der Waals surface area (Å²) < 4.78 is 9.32. The second-order valence-electron chi connectivity index (χ2n) is 3.70. The van der Waals surface area contributed by atoms with Gasteiger partial charge in [0, 0.05) is 0 Å². The number of aromatic hydroxyl groups is 4. The van der Waals surface area contributed by atoms with Crippen LogP contribution in [0.1, 0.15) is 0 Å². The Hall–Kier alpha value is -3.09. The third kappa shape index (κ3) is 2.66. The minimum Gasteiger partial charge on any atom is -0.504 e. The third-order valence-corrected chi connectivity index (χ3v) is 2.34. The first-order valence-corrected chi connectivity index (χ1v) is 5.40. The summed E-state index contributed by atoms with van der Waals surface area (Å²) in [7, 11) is 0. The number of benzene rings is 2. The number of rotatable bonds is 2. The molecule has 2 rings (SSSR count). The Labute approximate surface area is 112 Å². The Morgan fingerprint density at radius 3 is 1.55 bits per heavy atom. The molecule has 0 spiro atoms. The average molecular weight is 278 g/mol. The van der Waals surface area contributed by atoms with Crippen LogP contribution in [0.3, 0.4) is 0 Å². The zero-order valence-electron chi connectivity index (χ0n) is 9.98. The van der Waals surface area contributed by atoms with E-state index >= 15 is 0 Å². The number of carbonyl (C=O) groups excluding carboxylic acids is 1. The van der Waals surface area contributed by atoms with Gasteiger partial charge in [-0.25, -0.2) is 4.79 Å². The Bertz CT molecular complexity index is 596.